The van der Waals surface area contributed by atoms with Crippen LogP contribution in [0.2, 0.25) is 0 Å². The van der Waals surface area contributed by atoms with Crippen LogP contribution in [-0.4, -0.2) is 72.0 Å². The number of nitrogens with one attached hydrogen (secondary N) is 1. The molecule has 0 radical (unpaired) electrons. The summed E-state index contributed by atoms with van der Waals surface area (Å²) in [6.45, 7) is 2.18. The molecule has 0 saturated carbocycles. The Morgan fingerprint density at radius 2 is 1.75 bits per heavy atom. The van der Waals surface area contributed by atoms with Crippen molar-refractivity contribution in [1.82, 2.24) is 19.5 Å². The smallest absolute Gasteiger partial charge is 0.277 e. The van der Waals surface area contributed by atoms with E-state index in [-0.39, 0.29) is 11.7 Å². The molecular weight excluding hydrogens is 452 g/mol. The monoisotopic (exact) mass is 474 g/mol. The lowest BCUT2D eigenvalue weighted by Crippen LogP contribution is -2.48. The van der Waals surface area contributed by atoms with E-state index in [0.29, 0.717) is 43.0 Å². The molecule has 1 amide bonds. The van der Waals surface area contributed by atoms with Gasteiger partial charge in [-0.2, -0.15) is 4.31 Å². The van der Waals surface area contributed by atoms with Gasteiger partial charge in [0.2, 0.25) is 21.8 Å². The number of amides is 1. The Hall–Kier alpha value is -2.96. The third kappa shape index (κ3) is 5.64. The number of pyridine rings is 1. The van der Waals surface area contributed by atoms with Crippen molar-refractivity contribution >= 4 is 39.1 Å². The fourth-order valence-electron chi connectivity index (χ4n) is 3.24. The van der Waals surface area contributed by atoms with Crippen molar-refractivity contribution in [3.05, 3.63) is 48.8 Å². The number of piperazine rings is 1. The summed E-state index contributed by atoms with van der Waals surface area (Å²) in [5, 5.41) is 11.1. The van der Waals surface area contributed by atoms with Gasteiger partial charge < -0.3 is 14.6 Å². The van der Waals surface area contributed by atoms with E-state index < -0.39 is 10.0 Å². The molecule has 1 fully saturated rings. The number of sulfonamides is 1. The Kier molecular flexibility index (Phi) is 6.72. The molecule has 1 aliphatic heterocycles. The van der Waals surface area contributed by atoms with Crippen molar-refractivity contribution in [3.8, 4) is 11.5 Å². The largest absolute Gasteiger partial charge is 0.411 e. The predicted molar refractivity (Wildman–Crippen MR) is 122 cm³/mol. The van der Waals surface area contributed by atoms with Crippen molar-refractivity contribution in [2.24, 2.45) is 0 Å². The number of benzene rings is 1. The van der Waals surface area contributed by atoms with E-state index in [2.05, 4.69) is 25.4 Å². The van der Waals surface area contributed by atoms with Crippen LogP contribution in [0.5, 0.6) is 0 Å². The van der Waals surface area contributed by atoms with Crippen LogP contribution in [0.1, 0.15) is 0 Å². The zero-order valence-corrected chi connectivity index (χ0v) is 19.0. The lowest BCUT2D eigenvalue weighted by atomic mass is 10.2. The van der Waals surface area contributed by atoms with Gasteiger partial charge in [-0.3, -0.25) is 9.78 Å². The molecule has 1 aliphatic rings. The first-order valence-electron chi connectivity index (χ1n) is 9.85. The van der Waals surface area contributed by atoms with E-state index in [1.807, 2.05) is 24.3 Å². The van der Waals surface area contributed by atoms with Gasteiger partial charge in [0.15, 0.2) is 0 Å². The summed E-state index contributed by atoms with van der Waals surface area (Å²) < 4.78 is 30.3. The molecule has 0 atom stereocenters. The number of rotatable bonds is 7. The van der Waals surface area contributed by atoms with Crippen molar-refractivity contribution in [3.63, 3.8) is 0 Å². The van der Waals surface area contributed by atoms with Crippen molar-refractivity contribution in [2.45, 2.75) is 5.22 Å². The quantitative estimate of drug-likeness (QED) is 0.512. The van der Waals surface area contributed by atoms with Crippen LogP contribution >= 0.6 is 11.8 Å². The molecule has 10 nitrogen and oxygen atoms in total. The molecule has 0 bridgehead atoms. The van der Waals surface area contributed by atoms with Crippen molar-refractivity contribution in [1.29, 1.82) is 0 Å². The van der Waals surface area contributed by atoms with Gasteiger partial charge in [0, 0.05) is 55.5 Å². The Morgan fingerprint density at radius 3 is 2.41 bits per heavy atom. The Balaban J connectivity index is 1.26. The fraction of sp³-hybridized carbons (Fsp3) is 0.300. The maximum absolute atomic E-state index is 12.3. The summed E-state index contributed by atoms with van der Waals surface area (Å²) in [4.78, 5) is 18.3. The van der Waals surface area contributed by atoms with Crippen LogP contribution in [-0.2, 0) is 14.8 Å². The maximum Gasteiger partial charge on any atom is 0.277 e. The molecule has 2 aromatic heterocycles. The summed E-state index contributed by atoms with van der Waals surface area (Å²) >= 11 is 1.16. The third-order valence-corrected chi connectivity index (χ3v) is 7.01. The number of thioether (sulfide) groups is 1. The zero-order valence-electron chi connectivity index (χ0n) is 17.3. The fourth-order valence-corrected chi connectivity index (χ4v) is 4.63. The second-order valence-electron chi connectivity index (χ2n) is 7.14. The highest BCUT2D eigenvalue weighted by Gasteiger charge is 2.23. The minimum absolute atomic E-state index is 0.132. The summed E-state index contributed by atoms with van der Waals surface area (Å²) in [7, 11) is -3.15. The number of hydrogen-bond donors (Lipinski definition) is 1. The van der Waals surface area contributed by atoms with Gasteiger partial charge in [0.05, 0.1) is 12.0 Å². The number of hydrogen-bond acceptors (Lipinski definition) is 9. The Morgan fingerprint density at radius 1 is 1.06 bits per heavy atom. The lowest BCUT2D eigenvalue weighted by Gasteiger charge is -2.34. The van der Waals surface area contributed by atoms with Crippen LogP contribution in [0, 0.1) is 0 Å². The predicted octanol–water partition coefficient (Wildman–Crippen LogP) is 1.94. The van der Waals surface area contributed by atoms with E-state index in [4.69, 9.17) is 4.42 Å². The average molecular weight is 475 g/mol. The highest BCUT2D eigenvalue weighted by Crippen LogP contribution is 2.23. The molecule has 12 heteroatoms. The summed E-state index contributed by atoms with van der Waals surface area (Å²) in [6, 6.07) is 11.0. The topological polar surface area (TPSA) is 122 Å². The van der Waals surface area contributed by atoms with Gasteiger partial charge in [-0.1, -0.05) is 11.8 Å². The van der Waals surface area contributed by atoms with Crippen LogP contribution in [0.3, 0.4) is 0 Å². The minimum atomic E-state index is -3.15. The van der Waals surface area contributed by atoms with Gasteiger partial charge in [-0.25, -0.2) is 8.42 Å². The number of anilines is 2. The number of carbonyl (C=O) groups is 1. The Bertz CT molecular complexity index is 1160. The second kappa shape index (κ2) is 9.67. The molecule has 0 aliphatic carbocycles. The SMILES string of the molecule is CS(=O)(=O)N1CCN(c2ccc(NC(=O)CSc3nnc(-c4ccncc4)o3)cc2)CC1. The molecule has 0 spiro atoms. The molecule has 1 saturated heterocycles. The molecule has 3 aromatic rings. The summed E-state index contributed by atoms with van der Waals surface area (Å²) in [5.41, 5.74) is 2.43. The molecule has 3 heterocycles. The summed E-state index contributed by atoms with van der Waals surface area (Å²) in [5.74, 6) is 0.323. The zero-order chi connectivity index (χ0) is 22.6. The van der Waals surface area contributed by atoms with Crippen molar-refractivity contribution < 1.29 is 17.6 Å². The normalized spacial score (nSPS) is 15.0. The molecule has 4 rings (SSSR count). The van der Waals surface area contributed by atoms with E-state index in [9.17, 15) is 13.2 Å². The highest BCUT2D eigenvalue weighted by molar-refractivity contribution is 7.99. The van der Waals surface area contributed by atoms with Crippen LogP contribution in [0.25, 0.3) is 11.5 Å². The maximum atomic E-state index is 12.3. The van der Waals surface area contributed by atoms with E-state index >= 15 is 0 Å². The summed E-state index contributed by atoms with van der Waals surface area (Å²) in [6.07, 6.45) is 4.51. The number of carbonyl (C=O) groups excluding carboxylic acids is 1. The Labute approximate surface area is 190 Å². The standard InChI is InChI=1S/C20H22N6O4S2/c1-32(28,29)26-12-10-25(11-13-26)17-4-2-16(3-5-17)22-18(27)14-31-20-24-23-19(30-20)15-6-8-21-9-7-15/h2-9H,10-14H2,1H3,(H,22,27). The van der Waals surface area contributed by atoms with Gasteiger partial charge in [0.25, 0.3) is 5.22 Å². The molecule has 168 valence electrons. The van der Waals surface area contributed by atoms with Gasteiger partial charge in [-0.15, -0.1) is 10.2 Å². The molecular formula is C20H22N6O4S2. The average Bonchev–Trinajstić information content (AvgIpc) is 3.28. The van der Waals surface area contributed by atoms with E-state index in [1.165, 1.54) is 10.6 Å². The van der Waals surface area contributed by atoms with Gasteiger partial charge >= 0.3 is 0 Å². The first-order chi connectivity index (χ1) is 15.4. The van der Waals surface area contributed by atoms with Crippen molar-refractivity contribution in [2.75, 3.05) is 48.4 Å². The molecule has 1 N–H and O–H groups in total. The highest BCUT2D eigenvalue weighted by atomic mass is 32.2. The third-order valence-electron chi connectivity index (χ3n) is 4.88. The molecule has 0 unspecified atom stereocenters. The van der Waals surface area contributed by atoms with Gasteiger partial charge in [-0.05, 0) is 36.4 Å². The lowest BCUT2D eigenvalue weighted by molar-refractivity contribution is -0.113. The van der Waals surface area contributed by atoms with E-state index in [0.717, 1.165) is 23.0 Å². The first-order valence-corrected chi connectivity index (χ1v) is 12.7. The number of aromatic nitrogens is 3. The van der Waals surface area contributed by atoms with Gasteiger partial charge in [0.1, 0.15) is 0 Å². The number of nitrogens with zero attached hydrogens (tertiary/aromatic N) is 5. The molecule has 1 aromatic carbocycles. The second-order valence-corrected chi connectivity index (χ2v) is 10.1. The van der Waals surface area contributed by atoms with Crippen LogP contribution in [0.15, 0.2) is 58.4 Å². The minimum Gasteiger partial charge on any atom is -0.411 e. The van der Waals surface area contributed by atoms with Crippen LogP contribution in [0.4, 0.5) is 11.4 Å². The van der Waals surface area contributed by atoms with Crippen LogP contribution < -0.4 is 10.2 Å². The first kappa shape index (κ1) is 22.2. The van der Waals surface area contributed by atoms with E-state index in [1.54, 1.807) is 24.5 Å². The molecule has 32 heavy (non-hydrogen) atoms.